The summed E-state index contributed by atoms with van der Waals surface area (Å²) in [6.45, 7) is 1.90. The van der Waals surface area contributed by atoms with E-state index in [-0.39, 0.29) is 0 Å². The Bertz CT molecular complexity index is 898. The van der Waals surface area contributed by atoms with Crippen LogP contribution < -0.4 is 4.74 Å². The third kappa shape index (κ3) is 3.37. The van der Waals surface area contributed by atoms with Gasteiger partial charge in [0.15, 0.2) is 0 Å². The van der Waals surface area contributed by atoms with Crippen molar-refractivity contribution in [1.29, 1.82) is 0 Å². The van der Waals surface area contributed by atoms with Gasteiger partial charge in [0, 0.05) is 40.7 Å². The summed E-state index contributed by atoms with van der Waals surface area (Å²) in [6, 6.07) is 15.2. The maximum atomic E-state index is 5.27. The molecule has 0 radical (unpaired) electrons. The minimum Gasteiger partial charge on any atom is -0.497 e. The monoisotopic (exact) mass is 396 g/mol. The summed E-state index contributed by atoms with van der Waals surface area (Å²) in [5.74, 6) is 0.903. The van der Waals surface area contributed by atoms with Crippen LogP contribution in [-0.4, -0.2) is 23.5 Å². The van der Waals surface area contributed by atoms with Crippen molar-refractivity contribution in [2.75, 3.05) is 13.7 Å². The van der Waals surface area contributed by atoms with Crippen molar-refractivity contribution in [3.8, 4) is 5.75 Å². The van der Waals surface area contributed by atoms with E-state index in [1.807, 2.05) is 12.1 Å². The van der Waals surface area contributed by atoms with Gasteiger partial charge in [0.05, 0.1) is 7.11 Å². The van der Waals surface area contributed by atoms with Gasteiger partial charge in [-0.05, 0) is 47.9 Å². The van der Waals surface area contributed by atoms with Crippen LogP contribution in [0.5, 0.6) is 5.75 Å². The highest BCUT2D eigenvalue weighted by Gasteiger charge is 2.24. The molecule has 0 amide bonds. The van der Waals surface area contributed by atoms with E-state index < -0.39 is 0 Å². The summed E-state index contributed by atoms with van der Waals surface area (Å²) in [4.78, 5) is 5.96. The second kappa shape index (κ2) is 7.06. The first-order valence-corrected chi connectivity index (χ1v) is 9.32. The van der Waals surface area contributed by atoms with Gasteiger partial charge in [0.1, 0.15) is 5.75 Å². The van der Waals surface area contributed by atoms with Crippen molar-refractivity contribution in [3.05, 3.63) is 76.4 Å². The SMILES string of the molecule is COc1ccc(CN2CC=CCC2c2c[nH]c3ccc(Br)cc23)cc1. The Kier molecular flexibility index (Phi) is 4.64. The highest BCUT2D eigenvalue weighted by Crippen LogP contribution is 2.35. The summed E-state index contributed by atoms with van der Waals surface area (Å²) in [6.07, 6.45) is 7.77. The number of ether oxygens (including phenoxy) is 1. The maximum Gasteiger partial charge on any atom is 0.118 e. The minimum absolute atomic E-state index is 0.384. The minimum atomic E-state index is 0.384. The zero-order valence-electron chi connectivity index (χ0n) is 14.2. The molecule has 1 aromatic heterocycles. The first kappa shape index (κ1) is 16.4. The molecule has 3 aromatic rings. The van der Waals surface area contributed by atoms with E-state index in [1.165, 1.54) is 22.0 Å². The molecule has 2 heterocycles. The molecule has 0 spiro atoms. The molecular weight excluding hydrogens is 376 g/mol. The van der Waals surface area contributed by atoms with Crippen molar-refractivity contribution in [3.63, 3.8) is 0 Å². The Morgan fingerprint density at radius 2 is 2.00 bits per heavy atom. The zero-order valence-corrected chi connectivity index (χ0v) is 15.8. The number of methoxy groups -OCH3 is 1. The van der Waals surface area contributed by atoms with Gasteiger partial charge in [-0.2, -0.15) is 0 Å². The number of rotatable bonds is 4. The smallest absolute Gasteiger partial charge is 0.118 e. The van der Waals surface area contributed by atoms with Gasteiger partial charge in [-0.3, -0.25) is 4.90 Å². The molecule has 4 rings (SSSR count). The predicted molar refractivity (Wildman–Crippen MR) is 106 cm³/mol. The highest BCUT2D eigenvalue weighted by molar-refractivity contribution is 9.10. The summed E-state index contributed by atoms with van der Waals surface area (Å²) in [7, 11) is 1.70. The lowest BCUT2D eigenvalue weighted by Crippen LogP contribution is -2.30. The van der Waals surface area contributed by atoms with E-state index in [9.17, 15) is 0 Å². The number of aromatic amines is 1. The molecule has 25 heavy (non-hydrogen) atoms. The van der Waals surface area contributed by atoms with Gasteiger partial charge in [0.25, 0.3) is 0 Å². The average Bonchev–Trinajstić information content (AvgIpc) is 3.06. The summed E-state index contributed by atoms with van der Waals surface area (Å²) >= 11 is 3.60. The van der Waals surface area contributed by atoms with Crippen molar-refractivity contribution >= 4 is 26.8 Å². The van der Waals surface area contributed by atoms with Crippen LogP contribution in [0.3, 0.4) is 0 Å². The Hall–Kier alpha value is -2.04. The molecule has 4 heteroatoms. The molecule has 2 aromatic carbocycles. The maximum absolute atomic E-state index is 5.27. The van der Waals surface area contributed by atoms with Crippen LogP contribution in [0.15, 0.2) is 65.3 Å². The number of hydrogen-bond donors (Lipinski definition) is 1. The van der Waals surface area contributed by atoms with Gasteiger partial charge >= 0.3 is 0 Å². The molecule has 0 bridgehead atoms. The van der Waals surface area contributed by atoms with Crippen molar-refractivity contribution in [1.82, 2.24) is 9.88 Å². The Morgan fingerprint density at radius 3 is 2.80 bits per heavy atom. The largest absolute Gasteiger partial charge is 0.497 e. The van der Waals surface area contributed by atoms with Gasteiger partial charge in [-0.1, -0.05) is 40.2 Å². The van der Waals surface area contributed by atoms with E-state index >= 15 is 0 Å². The molecule has 0 fully saturated rings. The molecular formula is C21H21BrN2O. The first-order valence-electron chi connectivity index (χ1n) is 8.53. The highest BCUT2D eigenvalue weighted by atomic mass is 79.9. The number of nitrogens with one attached hydrogen (secondary N) is 1. The topological polar surface area (TPSA) is 28.3 Å². The lowest BCUT2D eigenvalue weighted by Gasteiger charge is -2.33. The molecule has 1 aliphatic heterocycles. The second-order valence-electron chi connectivity index (χ2n) is 6.43. The summed E-state index contributed by atoms with van der Waals surface area (Å²) < 4.78 is 6.38. The molecule has 1 aliphatic rings. The fraction of sp³-hybridized carbons (Fsp3) is 0.238. The molecule has 0 aliphatic carbocycles. The number of halogens is 1. The Morgan fingerprint density at radius 1 is 1.16 bits per heavy atom. The van der Waals surface area contributed by atoms with E-state index in [1.54, 1.807) is 7.11 Å². The molecule has 1 atom stereocenters. The van der Waals surface area contributed by atoms with Crippen LogP contribution in [-0.2, 0) is 6.54 Å². The number of benzene rings is 2. The lowest BCUT2D eigenvalue weighted by molar-refractivity contribution is 0.202. The van der Waals surface area contributed by atoms with Crippen LogP contribution in [0, 0.1) is 0 Å². The van der Waals surface area contributed by atoms with Crippen molar-refractivity contribution in [2.24, 2.45) is 0 Å². The second-order valence-corrected chi connectivity index (χ2v) is 7.35. The van der Waals surface area contributed by atoms with E-state index in [0.717, 1.165) is 29.7 Å². The number of aromatic nitrogens is 1. The molecule has 0 saturated heterocycles. The van der Waals surface area contributed by atoms with Crippen LogP contribution >= 0.6 is 15.9 Å². The van der Waals surface area contributed by atoms with Crippen LogP contribution in [0.25, 0.3) is 10.9 Å². The normalized spacial score (nSPS) is 17.9. The van der Waals surface area contributed by atoms with E-state index in [0.29, 0.717) is 6.04 Å². The molecule has 1 unspecified atom stereocenters. The summed E-state index contributed by atoms with van der Waals surface area (Å²) in [5.41, 5.74) is 3.87. The molecule has 0 saturated carbocycles. The van der Waals surface area contributed by atoms with Crippen LogP contribution in [0.1, 0.15) is 23.6 Å². The van der Waals surface area contributed by atoms with Gasteiger partial charge in [0.2, 0.25) is 0 Å². The zero-order chi connectivity index (χ0) is 17.2. The number of fused-ring (bicyclic) bond motifs is 1. The van der Waals surface area contributed by atoms with Gasteiger partial charge < -0.3 is 9.72 Å². The van der Waals surface area contributed by atoms with Crippen LogP contribution in [0.4, 0.5) is 0 Å². The average molecular weight is 397 g/mol. The third-order valence-electron chi connectivity index (χ3n) is 4.89. The molecule has 128 valence electrons. The fourth-order valence-electron chi connectivity index (χ4n) is 3.57. The fourth-order valence-corrected chi connectivity index (χ4v) is 3.93. The standard InChI is InChI=1S/C21H21BrN2O/c1-25-17-8-5-15(6-9-17)14-24-11-3-2-4-21(24)19-13-23-20-10-7-16(22)12-18(19)20/h2-3,5-10,12-13,21,23H,4,11,14H2,1H3. The van der Waals surface area contributed by atoms with E-state index in [4.69, 9.17) is 4.74 Å². The van der Waals surface area contributed by atoms with Gasteiger partial charge in [-0.15, -0.1) is 0 Å². The number of nitrogens with zero attached hydrogens (tertiary/aromatic N) is 1. The third-order valence-corrected chi connectivity index (χ3v) is 5.38. The quantitative estimate of drug-likeness (QED) is 0.594. The van der Waals surface area contributed by atoms with Gasteiger partial charge in [-0.25, -0.2) is 0 Å². The van der Waals surface area contributed by atoms with E-state index in [2.05, 4.69) is 74.5 Å². The number of hydrogen-bond acceptors (Lipinski definition) is 2. The molecule has 3 nitrogen and oxygen atoms in total. The van der Waals surface area contributed by atoms with Crippen LogP contribution in [0.2, 0.25) is 0 Å². The lowest BCUT2D eigenvalue weighted by atomic mass is 9.97. The number of H-pyrrole nitrogens is 1. The predicted octanol–water partition coefficient (Wildman–Crippen LogP) is 5.44. The van der Waals surface area contributed by atoms with Crippen molar-refractivity contribution in [2.45, 2.75) is 19.0 Å². The Balaban J connectivity index is 1.64. The first-order chi connectivity index (χ1) is 12.2. The Labute approximate surface area is 156 Å². The molecule has 1 N–H and O–H groups in total. The van der Waals surface area contributed by atoms with Crippen molar-refractivity contribution < 1.29 is 4.74 Å². The summed E-state index contributed by atoms with van der Waals surface area (Å²) in [5, 5.41) is 1.30.